The Hall–Kier alpha value is -1.73. The van der Waals surface area contributed by atoms with Gasteiger partial charge in [0.05, 0.1) is 0 Å². The van der Waals surface area contributed by atoms with E-state index >= 15 is 0 Å². The van der Waals surface area contributed by atoms with Crippen LogP contribution in [0.25, 0.3) is 0 Å². The van der Waals surface area contributed by atoms with Crippen molar-refractivity contribution in [3.8, 4) is 11.8 Å². The van der Waals surface area contributed by atoms with Gasteiger partial charge in [0.25, 0.3) is 0 Å². The molecule has 2 nitrogen and oxygen atoms in total. The molecule has 0 aromatic heterocycles. The third-order valence-electron chi connectivity index (χ3n) is 7.14. The molecule has 0 amide bonds. The van der Waals surface area contributed by atoms with E-state index in [0.717, 1.165) is 19.5 Å². The highest BCUT2D eigenvalue weighted by Crippen LogP contribution is 2.41. The van der Waals surface area contributed by atoms with Crippen LogP contribution < -0.4 is 0 Å². The van der Waals surface area contributed by atoms with E-state index < -0.39 is 0 Å². The molecule has 1 unspecified atom stereocenters. The predicted octanol–water partition coefficient (Wildman–Crippen LogP) is 6.55. The molecule has 0 aliphatic carbocycles. The second-order valence-electron chi connectivity index (χ2n) is 9.37. The van der Waals surface area contributed by atoms with E-state index in [0.29, 0.717) is 12.0 Å². The van der Waals surface area contributed by atoms with Gasteiger partial charge in [-0.1, -0.05) is 49.8 Å². The highest BCUT2D eigenvalue weighted by Gasteiger charge is 2.31. The molecule has 2 aromatic rings. The molecule has 1 saturated heterocycles. The zero-order valence-electron chi connectivity index (χ0n) is 20.1. The number of likely N-dealkylation sites (tertiary alicyclic amines) is 1. The van der Waals surface area contributed by atoms with E-state index in [-0.39, 0.29) is 0 Å². The summed E-state index contributed by atoms with van der Waals surface area (Å²) in [5, 5.41) is 0. The Labute approximate surface area is 199 Å². The summed E-state index contributed by atoms with van der Waals surface area (Å²) in [6.07, 6.45) is 9.63. The summed E-state index contributed by atoms with van der Waals surface area (Å²) >= 11 is 1.81. The molecule has 2 aliphatic heterocycles. The summed E-state index contributed by atoms with van der Waals surface area (Å²) < 4.78 is 0. The molecule has 0 spiro atoms. The van der Waals surface area contributed by atoms with Gasteiger partial charge < -0.3 is 4.90 Å². The number of hydrogen-bond acceptors (Lipinski definition) is 3. The molecule has 2 heterocycles. The van der Waals surface area contributed by atoms with Crippen LogP contribution in [0.4, 0.5) is 0 Å². The van der Waals surface area contributed by atoms with Crippen molar-refractivity contribution < 1.29 is 0 Å². The van der Waals surface area contributed by atoms with E-state index in [9.17, 15) is 0 Å². The van der Waals surface area contributed by atoms with Crippen molar-refractivity contribution in [1.82, 2.24) is 9.80 Å². The van der Waals surface area contributed by atoms with Gasteiger partial charge in [-0.25, -0.2) is 0 Å². The quantitative estimate of drug-likeness (QED) is 0.367. The molecule has 0 radical (unpaired) electrons. The molecule has 32 heavy (non-hydrogen) atoms. The molecule has 170 valence electrons. The summed E-state index contributed by atoms with van der Waals surface area (Å²) in [7, 11) is 2.29. The first kappa shape index (κ1) is 23.4. The second-order valence-corrected chi connectivity index (χ2v) is 10.2. The van der Waals surface area contributed by atoms with Crippen molar-refractivity contribution in [2.24, 2.45) is 0 Å². The topological polar surface area (TPSA) is 6.48 Å². The molecule has 0 bridgehead atoms. The Balaban J connectivity index is 1.57. The predicted molar refractivity (Wildman–Crippen MR) is 139 cm³/mol. The lowest BCUT2D eigenvalue weighted by Crippen LogP contribution is -2.35. The molecule has 0 N–H and O–H groups in total. The van der Waals surface area contributed by atoms with Crippen LogP contribution in [-0.2, 0) is 0 Å². The average Bonchev–Trinajstić information content (AvgIpc) is 2.84. The number of nitrogens with zero attached hydrogens (tertiary/aromatic N) is 2. The second kappa shape index (κ2) is 11.4. The Morgan fingerprint density at radius 3 is 2.50 bits per heavy atom. The lowest BCUT2D eigenvalue weighted by atomic mass is 9.80. The Kier molecular flexibility index (Phi) is 8.36. The fraction of sp³-hybridized carbons (Fsp3) is 0.517. The largest absolute Gasteiger partial charge is 0.302 e. The van der Waals surface area contributed by atoms with Crippen LogP contribution in [0.5, 0.6) is 0 Å². The van der Waals surface area contributed by atoms with E-state index in [4.69, 9.17) is 0 Å². The summed E-state index contributed by atoms with van der Waals surface area (Å²) in [4.78, 5) is 6.46. The van der Waals surface area contributed by atoms with Crippen molar-refractivity contribution in [3.63, 3.8) is 0 Å². The van der Waals surface area contributed by atoms with Crippen molar-refractivity contribution in [2.45, 2.75) is 62.3 Å². The number of thioether (sulfide) groups is 1. The minimum atomic E-state index is 0.411. The van der Waals surface area contributed by atoms with Crippen LogP contribution in [0, 0.1) is 11.8 Å². The first-order valence-corrected chi connectivity index (χ1v) is 13.6. The summed E-state index contributed by atoms with van der Waals surface area (Å²) in [6, 6.07) is 16.7. The van der Waals surface area contributed by atoms with Crippen LogP contribution in [0.2, 0.25) is 0 Å². The van der Waals surface area contributed by atoms with Crippen LogP contribution in [0.15, 0.2) is 47.4 Å². The molecule has 2 atom stereocenters. The minimum Gasteiger partial charge on any atom is -0.302 e. The van der Waals surface area contributed by atoms with Gasteiger partial charge in [0.2, 0.25) is 0 Å². The van der Waals surface area contributed by atoms with Crippen molar-refractivity contribution in [1.29, 1.82) is 0 Å². The number of likely N-dealkylation sites (N-methyl/N-ethyl adjacent to an activating group) is 1. The zero-order valence-corrected chi connectivity index (χ0v) is 20.9. The molecular formula is C29H38N2S. The van der Waals surface area contributed by atoms with Crippen LogP contribution >= 0.6 is 11.8 Å². The highest BCUT2D eigenvalue weighted by atomic mass is 32.2. The first-order chi connectivity index (χ1) is 15.7. The monoisotopic (exact) mass is 446 g/mol. The van der Waals surface area contributed by atoms with E-state index in [1.165, 1.54) is 72.3 Å². The SMILES string of the molecule is CCC[C@H]1c2ccc(C#CCCN3CCCCC3)cc2C(c2ccc(SC)cc2)CN1C. The lowest BCUT2D eigenvalue weighted by Gasteiger charge is -2.39. The number of benzene rings is 2. The molecular weight excluding hydrogens is 408 g/mol. The standard InChI is InChI=1S/C29H38N2S/c1-4-10-29-26-17-12-23(11-6-9-20-31-18-7-5-8-19-31)21-27(26)28(22-30(29)2)24-13-15-25(32-3)16-14-24/h12-17,21,28-29H,4-5,7-10,18-20,22H2,1-3H3/t28?,29-/m0/s1. The van der Waals surface area contributed by atoms with Gasteiger partial charge in [-0.05, 0) is 86.6 Å². The van der Waals surface area contributed by atoms with Crippen LogP contribution in [0.3, 0.4) is 0 Å². The van der Waals surface area contributed by atoms with Crippen molar-refractivity contribution in [3.05, 3.63) is 64.7 Å². The Morgan fingerprint density at radius 2 is 1.78 bits per heavy atom. The number of hydrogen-bond donors (Lipinski definition) is 0. The number of rotatable bonds is 6. The average molecular weight is 447 g/mol. The summed E-state index contributed by atoms with van der Waals surface area (Å²) in [5.74, 6) is 7.37. The van der Waals surface area contributed by atoms with Gasteiger partial charge in [-0.15, -0.1) is 11.8 Å². The smallest absolute Gasteiger partial charge is 0.0348 e. The van der Waals surface area contributed by atoms with Crippen LogP contribution in [0.1, 0.15) is 79.7 Å². The fourth-order valence-electron chi connectivity index (χ4n) is 5.34. The van der Waals surface area contributed by atoms with Crippen LogP contribution in [-0.4, -0.2) is 49.3 Å². The van der Waals surface area contributed by atoms with E-state index in [1.54, 1.807) is 0 Å². The minimum absolute atomic E-state index is 0.411. The van der Waals surface area contributed by atoms with E-state index in [1.807, 2.05) is 11.8 Å². The van der Waals surface area contributed by atoms with Crippen molar-refractivity contribution >= 4 is 11.8 Å². The molecule has 1 fully saturated rings. The highest BCUT2D eigenvalue weighted by molar-refractivity contribution is 7.98. The van der Waals surface area contributed by atoms with Gasteiger partial charge in [-0.3, -0.25) is 4.90 Å². The van der Waals surface area contributed by atoms with Gasteiger partial charge in [0, 0.05) is 41.9 Å². The lowest BCUT2D eigenvalue weighted by molar-refractivity contribution is 0.206. The normalized spacial score (nSPS) is 21.6. The van der Waals surface area contributed by atoms with Gasteiger partial charge in [0.15, 0.2) is 0 Å². The number of fused-ring (bicyclic) bond motifs is 1. The zero-order chi connectivity index (χ0) is 22.3. The van der Waals surface area contributed by atoms with E-state index in [2.05, 4.69) is 84.3 Å². The molecule has 2 aromatic carbocycles. The van der Waals surface area contributed by atoms with Gasteiger partial charge in [-0.2, -0.15) is 0 Å². The van der Waals surface area contributed by atoms with Crippen molar-refractivity contribution in [2.75, 3.05) is 39.5 Å². The third kappa shape index (κ3) is 5.60. The molecule has 3 heteroatoms. The maximum atomic E-state index is 3.49. The Morgan fingerprint density at radius 1 is 1.00 bits per heavy atom. The summed E-state index contributed by atoms with van der Waals surface area (Å²) in [5.41, 5.74) is 5.58. The molecule has 0 saturated carbocycles. The fourth-order valence-corrected chi connectivity index (χ4v) is 5.75. The summed E-state index contributed by atoms with van der Waals surface area (Å²) in [6.45, 7) is 6.99. The maximum Gasteiger partial charge on any atom is 0.0348 e. The van der Waals surface area contributed by atoms with Gasteiger partial charge in [0.1, 0.15) is 0 Å². The first-order valence-electron chi connectivity index (χ1n) is 12.4. The Bertz CT molecular complexity index is 934. The molecule has 4 rings (SSSR count). The van der Waals surface area contributed by atoms with Gasteiger partial charge >= 0.3 is 0 Å². The maximum absolute atomic E-state index is 3.49. The third-order valence-corrected chi connectivity index (χ3v) is 7.88. The molecule has 2 aliphatic rings. The number of piperidine rings is 1.